The van der Waals surface area contributed by atoms with Crippen molar-refractivity contribution in [1.29, 1.82) is 0 Å². The molecule has 27 heavy (non-hydrogen) atoms. The van der Waals surface area contributed by atoms with Crippen LogP contribution >= 0.6 is 0 Å². The van der Waals surface area contributed by atoms with Crippen molar-refractivity contribution >= 4 is 11.6 Å². The Morgan fingerprint density at radius 2 is 1.85 bits per heavy atom. The second-order valence-electron chi connectivity index (χ2n) is 6.57. The van der Waals surface area contributed by atoms with Gasteiger partial charge in [0.25, 0.3) is 5.91 Å². The van der Waals surface area contributed by atoms with E-state index in [0.29, 0.717) is 11.3 Å². The fraction of sp³-hybridized carbons (Fsp3) is 0.238. The molecule has 1 amide bonds. The molecule has 0 atom stereocenters. The number of amides is 1. The van der Waals surface area contributed by atoms with E-state index in [1.165, 1.54) is 0 Å². The van der Waals surface area contributed by atoms with E-state index < -0.39 is 0 Å². The van der Waals surface area contributed by atoms with E-state index in [0.717, 1.165) is 42.3 Å². The number of fused-ring (bicyclic) bond motifs is 1. The van der Waals surface area contributed by atoms with E-state index in [-0.39, 0.29) is 12.5 Å². The Morgan fingerprint density at radius 3 is 2.56 bits per heavy atom. The predicted octanol–water partition coefficient (Wildman–Crippen LogP) is 3.36. The van der Waals surface area contributed by atoms with Gasteiger partial charge in [0.2, 0.25) is 0 Å². The van der Waals surface area contributed by atoms with Gasteiger partial charge in [-0.15, -0.1) is 0 Å². The van der Waals surface area contributed by atoms with Crippen molar-refractivity contribution in [2.45, 2.75) is 25.9 Å². The van der Waals surface area contributed by atoms with Gasteiger partial charge >= 0.3 is 0 Å². The SMILES string of the molecule is CN(C(=O)c1c(CN)nn2c1CCC2)c1ccc(Oc2ccccc2)cc1. The van der Waals surface area contributed by atoms with Crippen molar-refractivity contribution in [3.63, 3.8) is 0 Å². The molecule has 0 aliphatic carbocycles. The van der Waals surface area contributed by atoms with Crippen LogP contribution in [0.25, 0.3) is 0 Å². The normalized spacial score (nSPS) is 12.7. The van der Waals surface area contributed by atoms with Gasteiger partial charge in [-0.1, -0.05) is 18.2 Å². The van der Waals surface area contributed by atoms with Crippen molar-refractivity contribution in [3.05, 3.63) is 71.5 Å². The molecule has 0 bridgehead atoms. The third-order valence-corrected chi connectivity index (χ3v) is 4.83. The van der Waals surface area contributed by atoms with Gasteiger partial charge in [0.1, 0.15) is 11.5 Å². The van der Waals surface area contributed by atoms with Gasteiger partial charge < -0.3 is 15.4 Å². The van der Waals surface area contributed by atoms with Crippen molar-refractivity contribution in [2.24, 2.45) is 5.73 Å². The lowest BCUT2D eigenvalue weighted by atomic mass is 10.1. The molecule has 0 saturated carbocycles. The van der Waals surface area contributed by atoms with Gasteiger partial charge in [-0.3, -0.25) is 9.48 Å². The van der Waals surface area contributed by atoms with E-state index in [1.54, 1.807) is 11.9 Å². The van der Waals surface area contributed by atoms with Crippen LogP contribution in [0, 0.1) is 0 Å². The monoisotopic (exact) mass is 362 g/mol. The minimum absolute atomic E-state index is 0.0738. The first-order valence-corrected chi connectivity index (χ1v) is 9.07. The number of benzene rings is 2. The van der Waals surface area contributed by atoms with Crippen LogP contribution in [0.1, 0.15) is 28.2 Å². The first-order valence-electron chi connectivity index (χ1n) is 9.07. The van der Waals surface area contributed by atoms with Crippen LogP contribution in [0.3, 0.4) is 0 Å². The molecule has 1 aliphatic heterocycles. The van der Waals surface area contributed by atoms with Crippen LogP contribution in [0.5, 0.6) is 11.5 Å². The highest BCUT2D eigenvalue weighted by molar-refractivity contribution is 6.07. The topological polar surface area (TPSA) is 73.4 Å². The zero-order valence-electron chi connectivity index (χ0n) is 15.3. The molecule has 0 radical (unpaired) electrons. The summed E-state index contributed by atoms with van der Waals surface area (Å²) in [6.45, 7) is 1.11. The summed E-state index contributed by atoms with van der Waals surface area (Å²) in [6.07, 6.45) is 1.88. The average Bonchev–Trinajstić information content (AvgIpc) is 3.29. The average molecular weight is 362 g/mol. The summed E-state index contributed by atoms with van der Waals surface area (Å²) in [5, 5.41) is 4.49. The molecule has 1 aliphatic rings. The predicted molar refractivity (Wildman–Crippen MR) is 104 cm³/mol. The smallest absolute Gasteiger partial charge is 0.261 e. The molecular weight excluding hydrogens is 340 g/mol. The van der Waals surface area contributed by atoms with E-state index in [9.17, 15) is 4.79 Å². The minimum atomic E-state index is -0.0738. The lowest BCUT2D eigenvalue weighted by Gasteiger charge is -2.18. The molecule has 2 N–H and O–H groups in total. The number of hydrogen-bond donors (Lipinski definition) is 1. The van der Waals surface area contributed by atoms with Gasteiger partial charge in [-0.05, 0) is 49.2 Å². The Bertz CT molecular complexity index is 948. The van der Waals surface area contributed by atoms with Crippen molar-refractivity contribution in [1.82, 2.24) is 9.78 Å². The number of carbonyl (C=O) groups is 1. The molecule has 3 aromatic rings. The number of aryl methyl sites for hydroxylation is 1. The Balaban J connectivity index is 1.54. The second-order valence-corrected chi connectivity index (χ2v) is 6.57. The molecule has 138 valence electrons. The number of carbonyl (C=O) groups excluding carboxylic acids is 1. The molecule has 2 aromatic carbocycles. The second kappa shape index (κ2) is 7.25. The maximum absolute atomic E-state index is 13.1. The summed E-state index contributed by atoms with van der Waals surface area (Å²) in [6, 6.07) is 17.1. The number of anilines is 1. The maximum Gasteiger partial charge on any atom is 0.261 e. The lowest BCUT2D eigenvalue weighted by molar-refractivity contribution is 0.0991. The zero-order valence-corrected chi connectivity index (χ0v) is 15.3. The summed E-state index contributed by atoms with van der Waals surface area (Å²) < 4.78 is 7.73. The van der Waals surface area contributed by atoms with Crippen LogP contribution in [0.15, 0.2) is 54.6 Å². The highest BCUT2D eigenvalue weighted by atomic mass is 16.5. The third kappa shape index (κ3) is 3.31. The first-order chi connectivity index (χ1) is 13.2. The molecule has 0 unspecified atom stereocenters. The Labute approximate surface area is 158 Å². The Hall–Kier alpha value is -3.12. The summed E-state index contributed by atoms with van der Waals surface area (Å²) >= 11 is 0. The van der Waals surface area contributed by atoms with E-state index >= 15 is 0 Å². The number of rotatable bonds is 5. The van der Waals surface area contributed by atoms with Crippen molar-refractivity contribution in [3.8, 4) is 11.5 Å². The highest BCUT2D eigenvalue weighted by Crippen LogP contribution is 2.27. The van der Waals surface area contributed by atoms with Gasteiger partial charge in [0.15, 0.2) is 0 Å². The standard InChI is InChI=1S/C21H22N4O2/c1-24(21(26)20-18(14-22)23-25-13-5-8-19(20)25)15-9-11-17(12-10-15)27-16-6-3-2-4-7-16/h2-4,6-7,9-12H,5,8,13-14,22H2,1H3. The van der Waals surface area contributed by atoms with E-state index in [1.807, 2.05) is 59.3 Å². The number of nitrogens with zero attached hydrogens (tertiary/aromatic N) is 3. The van der Waals surface area contributed by atoms with Crippen LogP contribution in [-0.4, -0.2) is 22.7 Å². The summed E-state index contributed by atoms with van der Waals surface area (Å²) in [7, 11) is 1.77. The van der Waals surface area contributed by atoms with Gasteiger partial charge in [0.05, 0.1) is 17.0 Å². The molecule has 2 heterocycles. The van der Waals surface area contributed by atoms with Crippen LogP contribution in [0.4, 0.5) is 5.69 Å². The van der Waals surface area contributed by atoms with Crippen LogP contribution in [-0.2, 0) is 19.5 Å². The van der Waals surface area contributed by atoms with E-state index in [4.69, 9.17) is 10.5 Å². The zero-order chi connectivity index (χ0) is 18.8. The Kier molecular flexibility index (Phi) is 4.64. The summed E-state index contributed by atoms with van der Waals surface area (Å²) in [5.74, 6) is 1.42. The largest absolute Gasteiger partial charge is 0.457 e. The number of nitrogens with two attached hydrogens (primary N) is 1. The van der Waals surface area contributed by atoms with Gasteiger partial charge in [0, 0.05) is 25.8 Å². The molecule has 0 fully saturated rings. The highest BCUT2D eigenvalue weighted by Gasteiger charge is 2.28. The third-order valence-electron chi connectivity index (χ3n) is 4.83. The fourth-order valence-electron chi connectivity index (χ4n) is 3.42. The number of para-hydroxylation sites is 1. The number of aromatic nitrogens is 2. The molecule has 1 aromatic heterocycles. The molecule has 6 nitrogen and oxygen atoms in total. The lowest BCUT2D eigenvalue weighted by Crippen LogP contribution is -2.28. The van der Waals surface area contributed by atoms with Gasteiger partial charge in [-0.2, -0.15) is 5.10 Å². The maximum atomic E-state index is 13.1. The fourth-order valence-corrected chi connectivity index (χ4v) is 3.42. The van der Waals surface area contributed by atoms with Crippen molar-refractivity contribution < 1.29 is 9.53 Å². The van der Waals surface area contributed by atoms with E-state index in [2.05, 4.69) is 5.10 Å². The number of hydrogen-bond acceptors (Lipinski definition) is 4. The quantitative estimate of drug-likeness (QED) is 0.755. The van der Waals surface area contributed by atoms with Gasteiger partial charge in [-0.25, -0.2) is 0 Å². The molecular formula is C21H22N4O2. The van der Waals surface area contributed by atoms with Crippen molar-refractivity contribution in [2.75, 3.05) is 11.9 Å². The molecule has 4 rings (SSSR count). The van der Waals surface area contributed by atoms with Crippen LogP contribution < -0.4 is 15.4 Å². The Morgan fingerprint density at radius 1 is 1.15 bits per heavy atom. The first kappa shape index (κ1) is 17.3. The molecule has 6 heteroatoms. The summed E-state index contributed by atoms with van der Waals surface area (Å²) in [5.41, 5.74) is 8.93. The summed E-state index contributed by atoms with van der Waals surface area (Å²) in [4.78, 5) is 14.7. The molecule has 0 saturated heterocycles. The minimum Gasteiger partial charge on any atom is -0.457 e. The molecule has 0 spiro atoms. The number of ether oxygens (including phenoxy) is 1. The van der Waals surface area contributed by atoms with Crippen LogP contribution in [0.2, 0.25) is 0 Å².